The van der Waals surface area contributed by atoms with E-state index in [2.05, 4.69) is 0 Å². The van der Waals surface area contributed by atoms with Crippen LogP contribution in [0.4, 0.5) is 0 Å². The van der Waals surface area contributed by atoms with Gasteiger partial charge < -0.3 is 14.9 Å². The van der Waals surface area contributed by atoms with E-state index in [1.54, 1.807) is 19.2 Å². The fourth-order valence-electron chi connectivity index (χ4n) is 1.86. The van der Waals surface area contributed by atoms with Gasteiger partial charge in [-0.2, -0.15) is 0 Å². The van der Waals surface area contributed by atoms with E-state index in [-0.39, 0.29) is 12.2 Å². The number of aromatic hydroxyl groups is 1. The second kappa shape index (κ2) is 7.58. The lowest BCUT2D eigenvalue weighted by Gasteiger charge is -2.06. The Kier molecular flexibility index (Phi) is 6.05. The molecule has 0 fully saturated rings. The van der Waals surface area contributed by atoms with Crippen LogP contribution in [-0.4, -0.2) is 23.3 Å². The first-order valence-electron chi connectivity index (χ1n) is 6.20. The van der Waals surface area contributed by atoms with Crippen molar-refractivity contribution in [3.63, 3.8) is 0 Å². The molecule has 18 heavy (non-hydrogen) atoms. The largest absolute Gasteiger partial charge is 0.508 e. The summed E-state index contributed by atoms with van der Waals surface area (Å²) in [6, 6.07) is 5.23. The van der Waals surface area contributed by atoms with Gasteiger partial charge in [-0.1, -0.05) is 12.8 Å². The van der Waals surface area contributed by atoms with Crippen molar-refractivity contribution >= 4 is 5.97 Å². The molecule has 1 rings (SSSR count). The standard InChI is InChI=1S/C14H20O4/c1-18-13-9-11(8-12(15)10-13)6-4-2-3-5-7-14(16)17/h8-10,15H,2-7H2,1H3,(H,16,17). The number of hydrogen-bond acceptors (Lipinski definition) is 3. The molecule has 100 valence electrons. The SMILES string of the molecule is COc1cc(O)cc(CCCCCCC(=O)O)c1. The van der Waals surface area contributed by atoms with Gasteiger partial charge >= 0.3 is 5.97 Å². The third kappa shape index (κ3) is 5.57. The van der Waals surface area contributed by atoms with E-state index in [0.29, 0.717) is 5.75 Å². The number of hydrogen-bond donors (Lipinski definition) is 2. The highest BCUT2D eigenvalue weighted by atomic mass is 16.5. The van der Waals surface area contributed by atoms with Gasteiger partial charge in [-0.15, -0.1) is 0 Å². The van der Waals surface area contributed by atoms with Gasteiger partial charge in [0.25, 0.3) is 0 Å². The van der Waals surface area contributed by atoms with Crippen molar-refractivity contribution < 1.29 is 19.7 Å². The number of aryl methyl sites for hydroxylation is 1. The average Bonchev–Trinajstić information content (AvgIpc) is 2.32. The number of carboxylic acid groups (broad SMARTS) is 1. The van der Waals surface area contributed by atoms with Gasteiger partial charge in [0.2, 0.25) is 0 Å². The van der Waals surface area contributed by atoms with Crippen molar-refractivity contribution in [3.8, 4) is 11.5 Å². The fourth-order valence-corrected chi connectivity index (χ4v) is 1.86. The molecule has 4 heteroatoms. The molecule has 0 bridgehead atoms. The first-order chi connectivity index (χ1) is 8.61. The summed E-state index contributed by atoms with van der Waals surface area (Å²) in [6.45, 7) is 0. The molecule has 1 aromatic carbocycles. The van der Waals surface area contributed by atoms with E-state index in [0.717, 1.165) is 37.7 Å². The number of rotatable bonds is 8. The number of phenolic OH excluding ortho intramolecular Hbond substituents is 1. The Labute approximate surface area is 107 Å². The van der Waals surface area contributed by atoms with E-state index in [1.165, 1.54) is 0 Å². The minimum atomic E-state index is -0.729. The Balaban J connectivity index is 2.26. The van der Waals surface area contributed by atoms with Crippen LogP contribution in [-0.2, 0) is 11.2 Å². The van der Waals surface area contributed by atoms with E-state index in [9.17, 15) is 9.90 Å². The van der Waals surface area contributed by atoms with Gasteiger partial charge in [-0.05, 0) is 37.0 Å². The van der Waals surface area contributed by atoms with Crippen LogP contribution in [0.1, 0.15) is 37.7 Å². The summed E-state index contributed by atoms with van der Waals surface area (Å²) in [4.78, 5) is 10.3. The number of carbonyl (C=O) groups is 1. The van der Waals surface area contributed by atoms with Gasteiger partial charge in [-0.3, -0.25) is 4.79 Å². The molecule has 0 aliphatic carbocycles. The molecule has 0 aliphatic heterocycles. The molecule has 0 saturated heterocycles. The maximum Gasteiger partial charge on any atom is 0.303 e. The van der Waals surface area contributed by atoms with E-state index in [4.69, 9.17) is 9.84 Å². The zero-order valence-corrected chi connectivity index (χ0v) is 10.7. The van der Waals surface area contributed by atoms with Crippen LogP contribution < -0.4 is 4.74 Å². The van der Waals surface area contributed by atoms with Crippen molar-refractivity contribution in [2.24, 2.45) is 0 Å². The normalized spacial score (nSPS) is 10.3. The molecular weight excluding hydrogens is 232 g/mol. The second-order valence-electron chi connectivity index (χ2n) is 4.35. The number of benzene rings is 1. The summed E-state index contributed by atoms with van der Waals surface area (Å²) >= 11 is 0. The van der Waals surface area contributed by atoms with Crippen molar-refractivity contribution in [1.82, 2.24) is 0 Å². The molecule has 0 atom stereocenters. The molecule has 0 heterocycles. The number of aliphatic carboxylic acids is 1. The summed E-state index contributed by atoms with van der Waals surface area (Å²) in [5.74, 6) is 0.152. The van der Waals surface area contributed by atoms with Gasteiger partial charge in [0.05, 0.1) is 7.11 Å². The topological polar surface area (TPSA) is 66.8 Å². The first kappa shape index (κ1) is 14.4. The lowest BCUT2D eigenvalue weighted by atomic mass is 10.0. The highest BCUT2D eigenvalue weighted by Crippen LogP contribution is 2.22. The van der Waals surface area contributed by atoms with Crippen molar-refractivity contribution in [2.75, 3.05) is 7.11 Å². The van der Waals surface area contributed by atoms with Crippen LogP contribution in [0.15, 0.2) is 18.2 Å². The molecule has 0 unspecified atom stereocenters. The summed E-state index contributed by atoms with van der Waals surface area (Å²) in [5, 5.41) is 18.0. The summed E-state index contributed by atoms with van der Waals surface area (Å²) in [6.07, 6.45) is 4.79. The van der Waals surface area contributed by atoms with Crippen molar-refractivity contribution in [1.29, 1.82) is 0 Å². The molecule has 0 spiro atoms. The molecule has 0 saturated carbocycles. The van der Waals surface area contributed by atoms with E-state index < -0.39 is 5.97 Å². The molecular formula is C14H20O4. The predicted molar refractivity (Wildman–Crippen MR) is 69.1 cm³/mol. The lowest BCUT2D eigenvalue weighted by molar-refractivity contribution is -0.137. The first-order valence-corrected chi connectivity index (χ1v) is 6.20. The lowest BCUT2D eigenvalue weighted by Crippen LogP contribution is -1.94. The number of carboxylic acids is 1. The maximum atomic E-state index is 10.3. The molecule has 4 nitrogen and oxygen atoms in total. The van der Waals surface area contributed by atoms with Gasteiger partial charge in [0.15, 0.2) is 0 Å². The Hall–Kier alpha value is -1.71. The summed E-state index contributed by atoms with van der Waals surface area (Å²) in [7, 11) is 1.57. The van der Waals surface area contributed by atoms with Crippen LogP contribution in [0.3, 0.4) is 0 Å². The van der Waals surface area contributed by atoms with Gasteiger partial charge in [-0.25, -0.2) is 0 Å². The minimum Gasteiger partial charge on any atom is -0.508 e. The highest BCUT2D eigenvalue weighted by Gasteiger charge is 2.01. The maximum absolute atomic E-state index is 10.3. The zero-order chi connectivity index (χ0) is 13.4. The van der Waals surface area contributed by atoms with Crippen molar-refractivity contribution in [2.45, 2.75) is 38.5 Å². The van der Waals surface area contributed by atoms with Crippen LogP contribution in [0.2, 0.25) is 0 Å². The quantitative estimate of drug-likeness (QED) is 0.698. The summed E-state index contributed by atoms with van der Waals surface area (Å²) in [5.41, 5.74) is 1.05. The number of ether oxygens (including phenoxy) is 1. The van der Waals surface area contributed by atoms with E-state index >= 15 is 0 Å². The van der Waals surface area contributed by atoms with Crippen LogP contribution in [0.25, 0.3) is 0 Å². The molecule has 0 radical (unpaired) electrons. The summed E-state index contributed by atoms with van der Waals surface area (Å²) < 4.78 is 5.08. The average molecular weight is 252 g/mol. The smallest absolute Gasteiger partial charge is 0.303 e. The monoisotopic (exact) mass is 252 g/mol. The number of methoxy groups -OCH3 is 1. The van der Waals surface area contributed by atoms with Gasteiger partial charge in [0, 0.05) is 12.5 Å². The Bertz CT molecular complexity index is 387. The molecule has 0 amide bonds. The van der Waals surface area contributed by atoms with E-state index in [1.807, 2.05) is 6.07 Å². The second-order valence-corrected chi connectivity index (χ2v) is 4.35. The fraction of sp³-hybridized carbons (Fsp3) is 0.500. The third-order valence-electron chi connectivity index (χ3n) is 2.79. The van der Waals surface area contributed by atoms with Crippen LogP contribution in [0.5, 0.6) is 11.5 Å². The van der Waals surface area contributed by atoms with Crippen LogP contribution in [0, 0.1) is 0 Å². The third-order valence-corrected chi connectivity index (χ3v) is 2.79. The van der Waals surface area contributed by atoms with Crippen molar-refractivity contribution in [3.05, 3.63) is 23.8 Å². The Morgan fingerprint density at radius 1 is 1.17 bits per heavy atom. The Morgan fingerprint density at radius 3 is 2.56 bits per heavy atom. The Morgan fingerprint density at radius 2 is 1.89 bits per heavy atom. The molecule has 2 N–H and O–H groups in total. The molecule has 0 aromatic heterocycles. The molecule has 1 aromatic rings. The highest BCUT2D eigenvalue weighted by molar-refractivity contribution is 5.66. The predicted octanol–water partition coefficient (Wildman–Crippen LogP) is 2.98. The molecule has 0 aliphatic rings. The number of phenols is 1. The van der Waals surface area contributed by atoms with Gasteiger partial charge in [0.1, 0.15) is 11.5 Å². The number of unbranched alkanes of at least 4 members (excludes halogenated alkanes) is 3. The minimum absolute atomic E-state index is 0.218. The van der Waals surface area contributed by atoms with Crippen LogP contribution >= 0.6 is 0 Å². The zero-order valence-electron chi connectivity index (χ0n) is 10.7.